The van der Waals surface area contributed by atoms with Crippen molar-refractivity contribution in [2.24, 2.45) is 0 Å². The number of nitrogens with zero attached hydrogens (tertiary/aromatic N) is 4. The monoisotopic (exact) mass is 539 g/mol. The Hall–Kier alpha value is -4.77. The zero-order chi connectivity index (χ0) is 27.1. The second kappa shape index (κ2) is 9.84. The van der Waals surface area contributed by atoms with Crippen LogP contribution in [0.3, 0.4) is 0 Å². The molecule has 1 amide bonds. The van der Waals surface area contributed by atoms with E-state index in [4.69, 9.17) is 4.98 Å². The lowest BCUT2D eigenvalue weighted by atomic mass is 10.0. The van der Waals surface area contributed by atoms with Gasteiger partial charge in [0.05, 0.1) is 32.7 Å². The zero-order valence-corrected chi connectivity index (χ0v) is 21.8. The molecule has 0 spiro atoms. The smallest absolute Gasteiger partial charge is 0.224 e. The molecule has 0 aliphatic carbocycles. The van der Waals surface area contributed by atoms with Crippen molar-refractivity contribution in [3.8, 4) is 33.2 Å². The maximum Gasteiger partial charge on any atom is 0.224 e. The third kappa shape index (κ3) is 4.57. The number of hydrogen-bond donors (Lipinski definition) is 3. The van der Waals surface area contributed by atoms with E-state index in [9.17, 15) is 9.59 Å². The number of pyridine rings is 2. The number of ketones is 1. The number of carbonyl (C=O) groups is 2. The molecule has 9 nitrogen and oxygen atoms in total. The van der Waals surface area contributed by atoms with Crippen LogP contribution in [0.25, 0.3) is 55.2 Å². The minimum Gasteiger partial charge on any atom is -0.336 e. The fourth-order valence-electron chi connectivity index (χ4n) is 4.43. The van der Waals surface area contributed by atoms with Crippen LogP contribution in [0, 0.1) is 5.82 Å². The fourth-order valence-corrected chi connectivity index (χ4v) is 5.33. The third-order valence-corrected chi connectivity index (χ3v) is 7.46. The largest absolute Gasteiger partial charge is 0.336 e. The van der Waals surface area contributed by atoms with Crippen molar-refractivity contribution in [2.45, 2.75) is 26.7 Å². The van der Waals surface area contributed by atoms with Gasteiger partial charge in [0.1, 0.15) is 22.7 Å². The quantitative estimate of drug-likeness (QED) is 0.202. The number of fused-ring (bicyclic) bond motifs is 2. The van der Waals surface area contributed by atoms with Crippen molar-refractivity contribution in [3.63, 3.8) is 0 Å². The number of Topliss-reactive ketones (excluding diaryl/α,β-unsaturated/α-hetero) is 1. The van der Waals surface area contributed by atoms with Crippen LogP contribution < -0.4 is 5.32 Å². The van der Waals surface area contributed by atoms with Crippen LogP contribution >= 0.6 is 11.3 Å². The predicted molar refractivity (Wildman–Crippen MR) is 149 cm³/mol. The van der Waals surface area contributed by atoms with Crippen molar-refractivity contribution in [3.05, 3.63) is 65.7 Å². The van der Waals surface area contributed by atoms with Crippen LogP contribution in [-0.2, 0) is 4.79 Å². The molecule has 194 valence electrons. The summed E-state index contributed by atoms with van der Waals surface area (Å²) in [6, 6.07) is 10.2. The average molecular weight is 540 g/mol. The first-order valence-electron chi connectivity index (χ1n) is 12.3. The maximum atomic E-state index is 15.2. The number of imidazole rings is 1. The minimum absolute atomic E-state index is 0.00347. The number of halogens is 1. The van der Waals surface area contributed by atoms with Crippen LogP contribution in [0.15, 0.2) is 55.0 Å². The number of aromatic nitrogens is 6. The summed E-state index contributed by atoms with van der Waals surface area (Å²) in [4.78, 5) is 42.1. The van der Waals surface area contributed by atoms with Crippen LogP contribution in [0.5, 0.6) is 0 Å². The Balaban J connectivity index is 1.42. The van der Waals surface area contributed by atoms with Crippen molar-refractivity contribution in [2.75, 3.05) is 5.32 Å². The van der Waals surface area contributed by atoms with E-state index in [2.05, 4.69) is 30.5 Å². The van der Waals surface area contributed by atoms with Crippen LogP contribution in [0.2, 0.25) is 0 Å². The van der Waals surface area contributed by atoms with E-state index in [1.165, 1.54) is 30.5 Å². The van der Waals surface area contributed by atoms with Gasteiger partial charge in [-0.15, -0.1) is 11.3 Å². The molecule has 11 heteroatoms. The van der Waals surface area contributed by atoms with Crippen LogP contribution in [-0.4, -0.2) is 41.8 Å². The number of thiophene rings is 1. The van der Waals surface area contributed by atoms with Gasteiger partial charge in [0.2, 0.25) is 5.91 Å². The lowest BCUT2D eigenvalue weighted by Gasteiger charge is -2.08. The molecule has 0 saturated heterocycles. The first-order valence-corrected chi connectivity index (χ1v) is 13.1. The molecule has 0 aliphatic rings. The van der Waals surface area contributed by atoms with Crippen molar-refractivity contribution in [1.29, 1.82) is 0 Å². The number of H-pyrrole nitrogens is 2. The van der Waals surface area contributed by atoms with E-state index in [1.54, 1.807) is 30.6 Å². The first kappa shape index (κ1) is 24.6. The van der Waals surface area contributed by atoms with Gasteiger partial charge < -0.3 is 10.3 Å². The van der Waals surface area contributed by atoms with Gasteiger partial charge >= 0.3 is 0 Å². The highest BCUT2D eigenvalue weighted by molar-refractivity contribution is 7.17. The van der Waals surface area contributed by atoms with E-state index in [-0.39, 0.29) is 11.7 Å². The summed E-state index contributed by atoms with van der Waals surface area (Å²) in [7, 11) is 0. The van der Waals surface area contributed by atoms with Gasteiger partial charge in [0, 0.05) is 41.4 Å². The zero-order valence-electron chi connectivity index (χ0n) is 21.0. The molecule has 0 saturated carbocycles. The molecule has 5 heterocycles. The van der Waals surface area contributed by atoms with Crippen molar-refractivity contribution < 1.29 is 14.0 Å². The molecule has 0 radical (unpaired) electrons. The maximum absolute atomic E-state index is 15.2. The lowest BCUT2D eigenvalue weighted by Crippen LogP contribution is -2.10. The lowest BCUT2D eigenvalue weighted by molar-refractivity contribution is -0.116. The minimum atomic E-state index is -0.452. The van der Waals surface area contributed by atoms with E-state index >= 15 is 4.39 Å². The SMILES string of the molecule is CCCC(=O)Nc1cncc(-c2cc3c(-c4nc5c(-c6ccc(C(C)=O)s6)nccc5[nH]4)n[nH]c3cc2F)c1. The van der Waals surface area contributed by atoms with E-state index in [0.717, 1.165) is 16.8 Å². The number of carbonyl (C=O) groups excluding carboxylic acids is 2. The number of rotatable bonds is 7. The summed E-state index contributed by atoms with van der Waals surface area (Å²) >= 11 is 1.37. The molecule has 0 aliphatic heterocycles. The molecule has 5 aromatic heterocycles. The first-order chi connectivity index (χ1) is 18.9. The fraction of sp³-hybridized carbons (Fsp3) is 0.143. The average Bonchev–Trinajstić information content (AvgIpc) is 3.66. The summed E-state index contributed by atoms with van der Waals surface area (Å²) in [5, 5.41) is 10.8. The molecule has 39 heavy (non-hydrogen) atoms. The molecular formula is C28H22FN7O2S. The molecule has 3 N–H and O–H groups in total. The van der Waals surface area contributed by atoms with Crippen LogP contribution in [0.1, 0.15) is 36.4 Å². The Morgan fingerprint density at radius 3 is 2.74 bits per heavy atom. The topological polar surface area (TPSA) is 129 Å². The Morgan fingerprint density at radius 2 is 1.95 bits per heavy atom. The highest BCUT2D eigenvalue weighted by atomic mass is 32.1. The van der Waals surface area contributed by atoms with Gasteiger partial charge in [-0.2, -0.15) is 5.10 Å². The number of amides is 1. The summed E-state index contributed by atoms with van der Waals surface area (Å²) in [6.45, 7) is 3.46. The standard InChI is InChI=1S/C28H22FN7O2S/c1-3-4-24(38)32-16-9-15(12-30-13-16)17-10-18-21(11-19(17)29)35-36-25(18)28-33-20-7-8-31-27(26(20)34-28)23-6-5-22(39-23)14(2)37/h5-13H,3-4H2,1-2H3,(H,32,38)(H,33,34)(H,35,36). The Labute approximate surface area is 225 Å². The van der Waals surface area contributed by atoms with Gasteiger partial charge in [-0.3, -0.25) is 24.7 Å². The van der Waals surface area contributed by atoms with Gasteiger partial charge in [-0.05, 0) is 43.7 Å². The summed E-state index contributed by atoms with van der Waals surface area (Å²) in [5.74, 6) is -0.0868. The predicted octanol–water partition coefficient (Wildman–Crippen LogP) is 6.37. The highest BCUT2D eigenvalue weighted by Gasteiger charge is 2.19. The highest BCUT2D eigenvalue weighted by Crippen LogP contribution is 2.35. The van der Waals surface area contributed by atoms with Crippen molar-refractivity contribution in [1.82, 2.24) is 30.1 Å². The summed E-state index contributed by atoms with van der Waals surface area (Å²) < 4.78 is 15.2. The summed E-state index contributed by atoms with van der Waals surface area (Å²) in [5.41, 5.74) is 4.42. The van der Waals surface area contributed by atoms with Gasteiger partial charge in [0.15, 0.2) is 11.6 Å². The van der Waals surface area contributed by atoms with E-state index < -0.39 is 5.82 Å². The van der Waals surface area contributed by atoms with Crippen LogP contribution in [0.4, 0.5) is 10.1 Å². The normalized spacial score (nSPS) is 11.4. The Bertz CT molecular complexity index is 1890. The second-order valence-electron chi connectivity index (χ2n) is 9.07. The second-order valence-corrected chi connectivity index (χ2v) is 10.2. The molecule has 6 rings (SSSR count). The van der Waals surface area contributed by atoms with Gasteiger partial charge in [-0.25, -0.2) is 9.37 Å². The van der Waals surface area contributed by atoms with Gasteiger partial charge in [-0.1, -0.05) is 6.92 Å². The number of benzene rings is 1. The molecular weight excluding hydrogens is 517 g/mol. The number of nitrogens with one attached hydrogen (secondary N) is 3. The Morgan fingerprint density at radius 1 is 1.08 bits per heavy atom. The van der Waals surface area contributed by atoms with E-state index in [0.29, 0.717) is 61.7 Å². The molecule has 0 fully saturated rings. The van der Waals surface area contributed by atoms with Crippen molar-refractivity contribution >= 4 is 50.7 Å². The number of aromatic amines is 2. The van der Waals surface area contributed by atoms with E-state index in [1.807, 2.05) is 19.1 Å². The molecule has 1 aromatic carbocycles. The molecule has 0 bridgehead atoms. The summed E-state index contributed by atoms with van der Waals surface area (Å²) in [6.07, 6.45) is 5.88. The molecule has 0 unspecified atom stereocenters. The number of anilines is 1. The number of hydrogen-bond acceptors (Lipinski definition) is 7. The molecule has 0 atom stereocenters. The Kier molecular flexibility index (Phi) is 6.20. The molecule has 6 aromatic rings. The van der Waals surface area contributed by atoms with Gasteiger partial charge in [0.25, 0.3) is 0 Å². The third-order valence-electron chi connectivity index (χ3n) is 6.27.